The molecular formula is C14H17NO4. The van der Waals surface area contributed by atoms with Gasteiger partial charge in [-0.2, -0.15) is 0 Å². The summed E-state index contributed by atoms with van der Waals surface area (Å²) in [5.74, 6) is -1.18. The number of carbonyl (C=O) groups excluding carboxylic acids is 1. The van der Waals surface area contributed by atoms with Crippen molar-refractivity contribution in [3.8, 4) is 0 Å². The first kappa shape index (κ1) is 13.5. The van der Waals surface area contributed by atoms with Crippen LogP contribution in [0, 0.1) is 6.92 Å². The second-order valence-corrected chi connectivity index (χ2v) is 4.62. The number of hydrogen-bond acceptors (Lipinski definition) is 3. The minimum Gasteiger partial charge on any atom is -0.480 e. The zero-order chi connectivity index (χ0) is 13.8. The number of amides is 1. The SMILES string of the molecule is Cc1ccccc1CC(=O)N1CCOCC1C(=O)O. The first-order valence-corrected chi connectivity index (χ1v) is 6.24. The Morgan fingerprint density at radius 1 is 1.42 bits per heavy atom. The van der Waals surface area contributed by atoms with Gasteiger partial charge in [-0.15, -0.1) is 0 Å². The summed E-state index contributed by atoms with van der Waals surface area (Å²) < 4.78 is 5.12. The zero-order valence-corrected chi connectivity index (χ0v) is 10.8. The van der Waals surface area contributed by atoms with Crippen molar-refractivity contribution in [2.45, 2.75) is 19.4 Å². The van der Waals surface area contributed by atoms with Crippen LogP contribution in [0.3, 0.4) is 0 Å². The normalized spacial score (nSPS) is 19.2. The lowest BCUT2D eigenvalue weighted by Crippen LogP contribution is -2.53. The molecule has 1 aromatic carbocycles. The first-order valence-electron chi connectivity index (χ1n) is 6.24. The van der Waals surface area contributed by atoms with Gasteiger partial charge in [-0.1, -0.05) is 24.3 Å². The van der Waals surface area contributed by atoms with Crippen LogP contribution in [-0.4, -0.2) is 47.7 Å². The zero-order valence-electron chi connectivity index (χ0n) is 10.8. The van der Waals surface area contributed by atoms with Gasteiger partial charge in [0.1, 0.15) is 0 Å². The Morgan fingerprint density at radius 2 is 2.16 bits per heavy atom. The molecule has 1 fully saturated rings. The molecule has 0 saturated carbocycles. The number of ether oxygens (including phenoxy) is 1. The lowest BCUT2D eigenvalue weighted by molar-refractivity contribution is -0.158. The second-order valence-electron chi connectivity index (χ2n) is 4.62. The van der Waals surface area contributed by atoms with E-state index in [1.165, 1.54) is 4.90 Å². The fourth-order valence-electron chi connectivity index (χ4n) is 2.18. The van der Waals surface area contributed by atoms with Crippen molar-refractivity contribution in [3.05, 3.63) is 35.4 Å². The Kier molecular flexibility index (Phi) is 4.16. The summed E-state index contributed by atoms with van der Waals surface area (Å²) in [4.78, 5) is 24.8. The third-order valence-electron chi connectivity index (χ3n) is 3.34. The number of aryl methyl sites for hydroxylation is 1. The number of carboxylic acids is 1. The van der Waals surface area contributed by atoms with Crippen molar-refractivity contribution in [2.24, 2.45) is 0 Å². The summed E-state index contributed by atoms with van der Waals surface area (Å²) >= 11 is 0. The molecule has 1 saturated heterocycles. The largest absolute Gasteiger partial charge is 0.480 e. The molecule has 1 aliphatic heterocycles. The van der Waals surface area contributed by atoms with Crippen LogP contribution in [0.1, 0.15) is 11.1 Å². The van der Waals surface area contributed by atoms with E-state index in [0.717, 1.165) is 11.1 Å². The van der Waals surface area contributed by atoms with Crippen molar-refractivity contribution in [1.29, 1.82) is 0 Å². The highest BCUT2D eigenvalue weighted by atomic mass is 16.5. The fourth-order valence-corrected chi connectivity index (χ4v) is 2.18. The summed E-state index contributed by atoms with van der Waals surface area (Å²) in [5.41, 5.74) is 1.97. The lowest BCUT2D eigenvalue weighted by atomic mass is 10.0. The van der Waals surface area contributed by atoms with Crippen LogP contribution in [0.4, 0.5) is 0 Å². The maximum atomic E-state index is 12.2. The number of carboxylic acid groups (broad SMARTS) is 1. The Balaban J connectivity index is 2.10. The minimum absolute atomic E-state index is 0.0643. The van der Waals surface area contributed by atoms with E-state index in [1.807, 2.05) is 31.2 Å². The molecule has 0 aromatic heterocycles. The van der Waals surface area contributed by atoms with E-state index in [9.17, 15) is 9.59 Å². The van der Waals surface area contributed by atoms with Crippen LogP contribution >= 0.6 is 0 Å². The topological polar surface area (TPSA) is 66.8 Å². The molecule has 5 heteroatoms. The molecule has 102 valence electrons. The predicted molar refractivity (Wildman–Crippen MR) is 68.8 cm³/mol. The van der Waals surface area contributed by atoms with Gasteiger partial charge in [-0.05, 0) is 18.1 Å². The van der Waals surface area contributed by atoms with Crippen LogP contribution in [0.5, 0.6) is 0 Å². The van der Waals surface area contributed by atoms with Crippen molar-refractivity contribution in [2.75, 3.05) is 19.8 Å². The van der Waals surface area contributed by atoms with E-state index in [1.54, 1.807) is 0 Å². The molecule has 2 rings (SSSR count). The summed E-state index contributed by atoms with van der Waals surface area (Å²) in [6.45, 7) is 2.73. The van der Waals surface area contributed by atoms with Gasteiger partial charge < -0.3 is 14.7 Å². The number of benzene rings is 1. The number of carbonyl (C=O) groups is 2. The van der Waals surface area contributed by atoms with Crippen molar-refractivity contribution in [3.63, 3.8) is 0 Å². The van der Waals surface area contributed by atoms with Crippen LogP contribution in [-0.2, 0) is 20.7 Å². The monoisotopic (exact) mass is 263 g/mol. The molecule has 1 N–H and O–H groups in total. The Morgan fingerprint density at radius 3 is 2.84 bits per heavy atom. The van der Waals surface area contributed by atoms with Gasteiger partial charge in [-0.3, -0.25) is 4.79 Å². The van der Waals surface area contributed by atoms with Gasteiger partial charge in [0.05, 0.1) is 19.6 Å². The van der Waals surface area contributed by atoms with Gasteiger partial charge >= 0.3 is 5.97 Å². The third-order valence-corrected chi connectivity index (χ3v) is 3.34. The quantitative estimate of drug-likeness (QED) is 0.878. The van der Waals surface area contributed by atoms with Crippen molar-refractivity contribution >= 4 is 11.9 Å². The molecule has 19 heavy (non-hydrogen) atoms. The minimum atomic E-state index is -1.02. The molecule has 1 atom stereocenters. The van der Waals surface area contributed by atoms with Gasteiger partial charge in [0.2, 0.25) is 5.91 Å². The average Bonchev–Trinajstić information content (AvgIpc) is 2.41. The number of aliphatic carboxylic acids is 1. The van der Waals surface area contributed by atoms with Crippen LogP contribution in [0.15, 0.2) is 24.3 Å². The summed E-state index contributed by atoms with van der Waals surface area (Å²) in [6, 6.07) is 6.76. The average molecular weight is 263 g/mol. The van der Waals surface area contributed by atoms with Gasteiger partial charge in [0, 0.05) is 6.54 Å². The smallest absolute Gasteiger partial charge is 0.328 e. The number of rotatable bonds is 3. The van der Waals surface area contributed by atoms with Crippen LogP contribution in [0.2, 0.25) is 0 Å². The maximum absolute atomic E-state index is 12.2. The van der Waals surface area contributed by atoms with Gasteiger partial charge in [0.15, 0.2) is 6.04 Å². The summed E-state index contributed by atoms with van der Waals surface area (Å²) in [6.07, 6.45) is 0.233. The van der Waals surface area contributed by atoms with E-state index in [2.05, 4.69) is 0 Å². The van der Waals surface area contributed by atoms with E-state index in [0.29, 0.717) is 13.2 Å². The van der Waals surface area contributed by atoms with Gasteiger partial charge in [0.25, 0.3) is 0 Å². The van der Waals surface area contributed by atoms with Crippen molar-refractivity contribution < 1.29 is 19.4 Å². The molecule has 1 heterocycles. The molecule has 0 spiro atoms. The van der Waals surface area contributed by atoms with Crippen LogP contribution < -0.4 is 0 Å². The molecule has 0 aliphatic carbocycles. The molecule has 0 bridgehead atoms. The maximum Gasteiger partial charge on any atom is 0.328 e. The Labute approximate surface area is 111 Å². The van der Waals surface area contributed by atoms with E-state index < -0.39 is 12.0 Å². The fraction of sp³-hybridized carbons (Fsp3) is 0.429. The molecule has 5 nitrogen and oxygen atoms in total. The molecule has 1 unspecified atom stereocenters. The summed E-state index contributed by atoms with van der Waals surface area (Å²) in [7, 11) is 0. The highest BCUT2D eigenvalue weighted by Gasteiger charge is 2.32. The summed E-state index contributed by atoms with van der Waals surface area (Å²) in [5, 5.41) is 9.10. The molecule has 1 aliphatic rings. The standard InChI is InChI=1S/C14H17NO4/c1-10-4-2-3-5-11(10)8-13(16)15-6-7-19-9-12(15)14(17)18/h2-5,12H,6-9H2,1H3,(H,17,18). The predicted octanol–water partition coefficient (Wildman–Crippen LogP) is 0.850. The van der Waals surface area contributed by atoms with Crippen molar-refractivity contribution in [1.82, 2.24) is 4.90 Å². The van der Waals surface area contributed by atoms with E-state index in [4.69, 9.17) is 9.84 Å². The van der Waals surface area contributed by atoms with Gasteiger partial charge in [-0.25, -0.2) is 4.79 Å². The Bertz CT molecular complexity index is 486. The molecule has 1 amide bonds. The second kappa shape index (κ2) is 5.84. The molecule has 0 radical (unpaired) electrons. The highest BCUT2D eigenvalue weighted by Crippen LogP contribution is 2.13. The number of hydrogen-bond donors (Lipinski definition) is 1. The Hall–Kier alpha value is -1.88. The number of morpholine rings is 1. The lowest BCUT2D eigenvalue weighted by Gasteiger charge is -2.33. The first-order chi connectivity index (χ1) is 9.09. The highest BCUT2D eigenvalue weighted by molar-refractivity contribution is 5.85. The number of nitrogens with zero attached hydrogens (tertiary/aromatic N) is 1. The molecule has 1 aromatic rings. The van der Waals surface area contributed by atoms with Crippen LogP contribution in [0.25, 0.3) is 0 Å². The third kappa shape index (κ3) is 3.12. The molecular weight excluding hydrogens is 246 g/mol. The van der Waals surface area contributed by atoms with E-state index in [-0.39, 0.29) is 18.9 Å². The van der Waals surface area contributed by atoms with E-state index >= 15 is 0 Å².